The van der Waals surface area contributed by atoms with Crippen LogP contribution in [0.2, 0.25) is 10.0 Å². The summed E-state index contributed by atoms with van der Waals surface area (Å²) in [5.74, 6) is -0.962. The Bertz CT molecular complexity index is 1550. The third-order valence-corrected chi connectivity index (χ3v) is 6.42. The summed E-state index contributed by atoms with van der Waals surface area (Å²) >= 11 is 12.1. The number of rotatable bonds is 11. The van der Waals surface area contributed by atoms with Crippen LogP contribution >= 0.6 is 23.2 Å². The molecule has 0 aliphatic rings. The summed E-state index contributed by atoms with van der Waals surface area (Å²) in [4.78, 5) is 37.1. The minimum Gasteiger partial charge on any atom is -0.479 e. The van der Waals surface area contributed by atoms with Gasteiger partial charge in [0.05, 0.1) is 16.8 Å². The molecule has 0 saturated carbocycles. The lowest BCUT2D eigenvalue weighted by Crippen LogP contribution is -2.50. The van der Waals surface area contributed by atoms with E-state index in [4.69, 9.17) is 37.5 Å². The largest absolute Gasteiger partial charge is 0.479 e. The number of ether oxygens (including phenoxy) is 1. The van der Waals surface area contributed by atoms with Gasteiger partial charge in [0, 0.05) is 17.0 Å². The van der Waals surface area contributed by atoms with Gasteiger partial charge in [-0.05, 0) is 55.0 Å². The van der Waals surface area contributed by atoms with Crippen molar-refractivity contribution in [3.63, 3.8) is 0 Å². The zero-order valence-corrected chi connectivity index (χ0v) is 23.2. The number of carboxylic acid groups (broad SMARTS) is 1. The third-order valence-electron chi connectivity index (χ3n) is 5.89. The summed E-state index contributed by atoms with van der Waals surface area (Å²) in [6.45, 7) is 1.54. The van der Waals surface area contributed by atoms with E-state index in [0.29, 0.717) is 22.1 Å². The molecule has 0 fully saturated rings. The molecule has 9 nitrogen and oxygen atoms in total. The van der Waals surface area contributed by atoms with E-state index in [9.17, 15) is 14.4 Å². The number of carbonyl (C=O) groups excluding carboxylic acids is 2. The molecule has 0 aliphatic carbocycles. The Morgan fingerprint density at radius 1 is 0.976 bits per heavy atom. The number of halogens is 2. The minimum atomic E-state index is -1.02. The molecule has 2 amide bonds. The van der Waals surface area contributed by atoms with Crippen LogP contribution in [0.5, 0.6) is 5.75 Å². The Hall–Kier alpha value is -4.60. The van der Waals surface area contributed by atoms with Crippen LogP contribution in [-0.2, 0) is 16.0 Å². The Kier molecular flexibility index (Phi) is 9.78. The van der Waals surface area contributed by atoms with E-state index in [-0.39, 0.29) is 22.8 Å². The second kappa shape index (κ2) is 13.6. The number of aromatic carboxylic acids is 1. The van der Waals surface area contributed by atoms with Crippen LogP contribution < -0.4 is 15.5 Å². The lowest BCUT2D eigenvalue weighted by atomic mass is 10.1. The average Bonchev–Trinajstić information content (AvgIpc) is 3.43. The maximum Gasteiger partial charge on any atom is 0.335 e. The zero-order valence-electron chi connectivity index (χ0n) is 21.7. The van der Waals surface area contributed by atoms with Gasteiger partial charge in [-0.3, -0.25) is 9.59 Å². The fraction of sp³-hybridized carbons (Fsp3) is 0.133. The third kappa shape index (κ3) is 8.20. The van der Waals surface area contributed by atoms with Crippen LogP contribution in [-0.4, -0.2) is 41.3 Å². The molecule has 3 aromatic carbocycles. The van der Waals surface area contributed by atoms with Gasteiger partial charge in [-0.2, -0.15) is 5.10 Å². The lowest BCUT2D eigenvalue weighted by Gasteiger charge is -2.21. The van der Waals surface area contributed by atoms with Crippen LogP contribution in [0.3, 0.4) is 0 Å². The fourth-order valence-electron chi connectivity index (χ4n) is 3.75. The number of carbonyl (C=O) groups is 3. The summed E-state index contributed by atoms with van der Waals surface area (Å²) in [6.07, 6.45) is 0.566. The summed E-state index contributed by atoms with van der Waals surface area (Å²) in [7, 11) is 0. The maximum absolute atomic E-state index is 13.1. The molecule has 0 aliphatic heterocycles. The molecular weight excluding hydrogens is 569 g/mol. The monoisotopic (exact) mass is 593 g/mol. The molecule has 3 N–H and O–H groups in total. The lowest BCUT2D eigenvalue weighted by molar-refractivity contribution is -0.132. The molecule has 0 unspecified atom stereocenters. The number of hydrogen-bond acceptors (Lipinski definition) is 6. The molecule has 0 saturated heterocycles. The van der Waals surface area contributed by atoms with Crippen molar-refractivity contribution in [3.8, 4) is 17.1 Å². The number of benzene rings is 3. The van der Waals surface area contributed by atoms with E-state index in [2.05, 4.69) is 15.8 Å². The summed E-state index contributed by atoms with van der Waals surface area (Å²) in [5.41, 5.74) is 4.12. The molecule has 4 rings (SSSR count). The summed E-state index contributed by atoms with van der Waals surface area (Å²) < 4.78 is 11.4. The van der Waals surface area contributed by atoms with E-state index in [0.717, 1.165) is 5.56 Å². The SMILES string of the molecule is C[C@H](Oc1ccc(Cl)cc1Cl)C(=O)N[C@@H](Cc1ccccc1)C(=O)N/N=C\c1ccc(-c2ccc(C(=O)O)cc2)o1. The summed E-state index contributed by atoms with van der Waals surface area (Å²) in [5, 5.41) is 16.4. The normalized spacial score (nSPS) is 12.5. The van der Waals surface area contributed by atoms with Gasteiger partial charge in [0.2, 0.25) is 0 Å². The van der Waals surface area contributed by atoms with Crippen LogP contribution in [0.4, 0.5) is 0 Å². The number of nitrogens with zero attached hydrogens (tertiary/aromatic N) is 1. The Morgan fingerprint density at radius 2 is 1.71 bits per heavy atom. The van der Waals surface area contributed by atoms with E-state index in [1.807, 2.05) is 30.3 Å². The van der Waals surface area contributed by atoms with Crippen molar-refractivity contribution in [1.29, 1.82) is 0 Å². The highest BCUT2D eigenvalue weighted by Crippen LogP contribution is 2.28. The number of carboxylic acids is 1. The van der Waals surface area contributed by atoms with Gasteiger partial charge in [-0.1, -0.05) is 65.7 Å². The first kappa shape index (κ1) is 29.4. The van der Waals surface area contributed by atoms with Crippen molar-refractivity contribution in [2.45, 2.75) is 25.5 Å². The van der Waals surface area contributed by atoms with Gasteiger partial charge < -0.3 is 19.6 Å². The summed E-state index contributed by atoms with van der Waals surface area (Å²) in [6, 6.07) is 22.5. The van der Waals surface area contributed by atoms with Crippen molar-refractivity contribution < 1.29 is 28.6 Å². The zero-order chi connectivity index (χ0) is 29.4. The topological polar surface area (TPSA) is 130 Å². The molecule has 2 atom stereocenters. The molecule has 0 bridgehead atoms. The van der Waals surface area contributed by atoms with Gasteiger partial charge >= 0.3 is 5.97 Å². The molecule has 0 radical (unpaired) electrons. The Labute approximate surface area is 245 Å². The van der Waals surface area contributed by atoms with E-state index >= 15 is 0 Å². The first-order valence-corrected chi connectivity index (χ1v) is 13.2. The number of amides is 2. The number of hydrogen-bond donors (Lipinski definition) is 3. The average molecular weight is 594 g/mol. The molecule has 41 heavy (non-hydrogen) atoms. The second-order valence-electron chi connectivity index (χ2n) is 8.90. The molecule has 11 heteroatoms. The van der Waals surface area contributed by atoms with Gasteiger partial charge in [0.25, 0.3) is 11.8 Å². The van der Waals surface area contributed by atoms with Crippen LogP contribution in [0.1, 0.15) is 28.6 Å². The predicted octanol–water partition coefficient (Wildman–Crippen LogP) is 5.60. The quantitative estimate of drug-likeness (QED) is 0.153. The van der Waals surface area contributed by atoms with Gasteiger partial charge in [-0.15, -0.1) is 0 Å². The molecular formula is C30H25Cl2N3O6. The smallest absolute Gasteiger partial charge is 0.335 e. The number of nitrogens with one attached hydrogen (secondary N) is 2. The van der Waals surface area contributed by atoms with Crippen LogP contribution in [0.25, 0.3) is 11.3 Å². The first-order valence-electron chi connectivity index (χ1n) is 12.4. The van der Waals surface area contributed by atoms with E-state index in [1.54, 1.807) is 43.3 Å². The highest BCUT2D eigenvalue weighted by molar-refractivity contribution is 6.35. The maximum atomic E-state index is 13.1. The standard InChI is InChI=1S/C30H25Cl2N3O6/c1-18(40-27-13-11-22(31)16-24(27)32)28(36)34-25(15-19-5-3-2-4-6-19)29(37)35-33-17-23-12-14-26(41-23)20-7-9-21(10-8-20)30(38)39/h2-14,16-18,25H,15H2,1H3,(H,34,36)(H,35,37)(H,38,39)/b33-17-/t18-,25-/m0/s1. The van der Waals surface area contributed by atoms with Crippen LogP contribution in [0, 0.1) is 0 Å². The number of furan rings is 1. The number of hydrazone groups is 1. The van der Waals surface area contributed by atoms with E-state index in [1.165, 1.54) is 24.4 Å². The minimum absolute atomic E-state index is 0.164. The predicted molar refractivity (Wildman–Crippen MR) is 155 cm³/mol. The highest BCUT2D eigenvalue weighted by atomic mass is 35.5. The van der Waals surface area contributed by atoms with Crippen molar-refractivity contribution in [2.75, 3.05) is 0 Å². The van der Waals surface area contributed by atoms with Gasteiger partial charge in [-0.25, -0.2) is 10.2 Å². The molecule has 210 valence electrons. The molecule has 1 heterocycles. The van der Waals surface area contributed by atoms with Gasteiger partial charge in [0.15, 0.2) is 6.10 Å². The highest BCUT2D eigenvalue weighted by Gasteiger charge is 2.25. The first-order chi connectivity index (χ1) is 19.7. The van der Waals surface area contributed by atoms with Crippen molar-refractivity contribution in [2.24, 2.45) is 5.10 Å². The van der Waals surface area contributed by atoms with Crippen molar-refractivity contribution in [1.82, 2.24) is 10.7 Å². The van der Waals surface area contributed by atoms with Crippen LogP contribution in [0.15, 0.2) is 94.4 Å². The van der Waals surface area contributed by atoms with Crippen molar-refractivity contribution >= 4 is 47.2 Å². The fourth-order valence-corrected chi connectivity index (χ4v) is 4.21. The molecule has 0 spiro atoms. The second-order valence-corrected chi connectivity index (χ2v) is 9.75. The van der Waals surface area contributed by atoms with E-state index < -0.39 is 29.9 Å². The Morgan fingerprint density at radius 3 is 2.39 bits per heavy atom. The Balaban J connectivity index is 1.41. The molecule has 4 aromatic rings. The molecule has 1 aromatic heterocycles. The van der Waals surface area contributed by atoms with Gasteiger partial charge in [0.1, 0.15) is 23.3 Å². The van der Waals surface area contributed by atoms with Crippen molar-refractivity contribution in [3.05, 3.63) is 112 Å².